The van der Waals surface area contributed by atoms with Gasteiger partial charge in [0.15, 0.2) is 6.54 Å². The summed E-state index contributed by atoms with van der Waals surface area (Å²) in [6, 6.07) is 45.7. The minimum atomic E-state index is -4.28. The molecule has 8 heteroatoms. The molecular formula is C43H35N2O5S+. The van der Waals surface area contributed by atoms with Crippen LogP contribution < -0.4 is 18.9 Å². The maximum Gasteiger partial charge on any atom is 0.294 e. The number of anilines is 1. The molecule has 2 heterocycles. The van der Waals surface area contributed by atoms with Gasteiger partial charge in [0.2, 0.25) is 11.2 Å². The van der Waals surface area contributed by atoms with Crippen molar-refractivity contribution in [1.29, 1.82) is 0 Å². The number of rotatable bonds is 10. The first-order valence-electron chi connectivity index (χ1n) is 16.8. The Morgan fingerprint density at radius 1 is 0.627 bits per heavy atom. The number of ether oxygens (including phenoxy) is 2. The number of pyridine rings is 1. The van der Waals surface area contributed by atoms with E-state index in [1.165, 1.54) is 28.3 Å². The number of aromatic nitrogens is 1. The molecule has 0 saturated carbocycles. The second-order valence-electron chi connectivity index (χ2n) is 12.4. The normalized spacial score (nSPS) is 13.6. The second kappa shape index (κ2) is 13.7. The molecule has 252 valence electrons. The van der Waals surface area contributed by atoms with E-state index in [9.17, 15) is 13.0 Å². The predicted octanol–water partition coefficient (Wildman–Crippen LogP) is 8.71. The summed E-state index contributed by atoms with van der Waals surface area (Å²) in [6.45, 7) is 1.99. The zero-order valence-electron chi connectivity index (χ0n) is 27.7. The van der Waals surface area contributed by atoms with Gasteiger partial charge in [0.05, 0.1) is 11.4 Å². The maximum atomic E-state index is 11.5. The molecule has 0 fully saturated rings. The van der Waals surface area contributed by atoms with Crippen molar-refractivity contribution < 1.29 is 27.0 Å². The Bertz CT molecular complexity index is 2570. The quantitative estimate of drug-likeness (QED) is 0.0879. The number of nitrogens with zero attached hydrogens (tertiary/aromatic N) is 2. The lowest BCUT2D eigenvalue weighted by molar-refractivity contribution is -0.673. The van der Waals surface area contributed by atoms with Crippen molar-refractivity contribution in [2.75, 3.05) is 24.7 Å². The van der Waals surface area contributed by atoms with Gasteiger partial charge in [-0.1, -0.05) is 72.8 Å². The second-order valence-corrected chi connectivity index (χ2v) is 13.9. The van der Waals surface area contributed by atoms with Gasteiger partial charge in [-0.15, -0.1) is 0 Å². The van der Waals surface area contributed by atoms with Crippen molar-refractivity contribution in [2.24, 2.45) is 0 Å². The minimum Gasteiger partial charge on any atom is -0.492 e. The first-order valence-corrected chi connectivity index (χ1v) is 18.3. The summed E-state index contributed by atoms with van der Waals surface area (Å²) in [6.07, 6.45) is 6.52. The summed E-state index contributed by atoms with van der Waals surface area (Å²) < 4.78 is 47.0. The third-order valence-electron chi connectivity index (χ3n) is 9.19. The van der Waals surface area contributed by atoms with Gasteiger partial charge in [-0.2, -0.15) is 13.0 Å². The molecule has 1 N–H and O–H groups in total. The highest BCUT2D eigenvalue weighted by Gasteiger charge is 2.22. The molecular weight excluding hydrogens is 657 g/mol. The van der Waals surface area contributed by atoms with E-state index in [1.54, 1.807) is 12.1 Å². The predicted molar refractivity (Wildman–Crippen MR) is 204 cm³/mol. The third-order valence-corrected chi connectivity index (χ3v) is 10.1. The van der Waals surface area contributed by atoms with Gasteiger partial charge in [0.1, 0.15) is 24.7 Å². The number of fused-ring (bicyclic) bond motifs is 4. The highest BCUT2D eigenvalue weighted by atomic mass is 32.2. The molecule has 7 aromatic rings. The van der Waals surface area contributed by atoms with Crippen LogP contribution in [0.5, 0.6) is 11.5 Å². The molecule has 1 aromatic heterocycles. The molecule has 0 unspecified atom stereocenters. The lowest BCUT2D eigenvalue weighted by Crippen LogP contribution is -2.41. The van der Waals surface area contributed by atoms with E-state index in [4.69, 9.17) is 9.47 Å². The summed E-state index contributed by atoms with van der Waals surface area (Å²) >= 11 is 0. The molecule has 0 amide bonds. The van der Waals surface area contributed by atoms with E-state index < -0.39 is 10.1 Å². The van der Waals surface area contributed by atoms with Crippen molar-refractivity contribution >= 4 is 60.4 Å². The average Bonchev–Trinajstić information content (AvgIpc) is 3.15. The van der Waals surface area contributed by atoms with Gasteiger partial charge in [0.25, 0.3) is 10.1 Å². The monoisotopic (exact) mass is 691 g/mol. The van der Waals surface area contributed by atoms with E-state index in [2.05, 4.69) is 107 Å². The van der Waals surface area contributed by atoms with Crippen LogP contribution in [0.2, 0.25) is 0 Å². The van der Waals surface area contributed by atoms with Gasteiger partial charge in [-0.25, -0.2) is 0 Å². The first-order chi connectivity index (χ1) is 24.9. The fourth-order valence-corrected chi connectivity index (χ4v) is 7.15. The standard InChI is InChI=1S/C43H34N2O5S/c46-51(47,48)41-20-18-40(19-21-41)50-25-23-45-38(17-15-36-27-32-9-5-7-11-34(32)29-43(36)45)30-37-16-14-35-26-31-8-4-6-10-33(31)28-42(35)44(37)22-24-49-39-12-2-1-3-13-39/h1-21,26-30H,22-25H2/p+1. The summed E-state index contributed by atoms with van der Waals surface area (Å²) in [5.41, 5.74) is 5.33. The summed E-state index contributed by atoms with van der Waals surface area (Å²) in [7, 11) is -4.28. The first kappa shape index (κ1) is 32.3. The molecule has 0 radical (unpaired) electrons. The Hall–Kier alpha value is -5.96. The molecule has 0 spiro atoms. The van der Waals surface area contributed by atoms with Crippen LogP contribution in [0.25, 0.3) is 44.6 Å². The van der Waals surface area contributed by atoms with Crippen LogP contribution in [0.4, 0.5) is 5.69 Å². The Balaban J connectivity index is 1.18. The van der Waals surface area contributed by atoms with E-state index in [1.807, 2.05) is 36.4 Å². The number of hydrogen-bond acceptors (Lipinski definition) is 5. The molecule has 0 aliphatic carbocycles. The van der Waals surface area contributed by atoms with E-state index in [0.717, 1.165) is 44.7 Å². The van der Waals surface area contributed by atoms with Crippen LogP contribution in [-0.4, -0.2) is 32.7 Å². The van der Waals surface area contributed by atoms with Crippen LogP contribution in [0.15, 0.2) is 156 Å². The molecule has 1 aliphatic rings. The van der Waals surface area contributed by atoms with Crippen molar-refractivity contribution in [3.8, 4) is 11.5 Å². The topological polar surface area (TPSA) is 80.0 Å². The van der Waals surface area contributed by atoms with Gasteiger partial charge in [-0.3, -0.25) is 4.55 Å². The zero-order valence-corrected chi connectivity index (χ0v) is 28.5. The summed E-state index contributed by atoms with van der Waals surface area (Å²) in [5, 5.41) is 5.83. The molecule has 8 rings (SSSR count). The number of allylic oxidation sites excluding steroid dienone is 1. The molecule has 7 nitrogen and oxygen atoms in total. The Labute approximate surface area is 296 Å². The lowest BCUT2D eigenvalue weighted by atomic mass is 10.00. The van der Waals surface area contributed by atoms with E-state index in [0.29, 0.717) is 32.1 Å². The summed E-state index contributed by atoms with van der Waals surface area (Å²) in [5.74, 6) is 1.35. The fraction of sp³-hybridized carbons (Fsp3) is 0.0930. The number of benzene rings is 6. The van der Waals surface area contributed by atoms with Crippen molar-refractivity contribution in [3.05, 3.63) is 163 Å². The largest absolute Gasteiger partial charge is 0.492 e. The van der Waals surface area contributed by atoms with E-state index in [-0.39, 0.29) is 4.90 Å². The molecule has 51 heavy (non-hydrogen) atoms. The third kappa shape index (κ3) is 6.92. The van der Waals surface area contributed by atoms with Crippen molar-refractivity contribution in [1.82, 2.24) is 0 Å². The van der Waals surface area contributed by atoms with Gasteiger partial charge >= 0.3 is 0 Å². The molecule has 6 aromatic carbocycles. The molecule has 0 bridgehead atoms. The zero-order chi connectivity index (χ0) is 34.8. The minimum absolute atomic E-state index is 0.173. The van der Waals surface area contributed by atoms with Gasteiger partial charge in [-0.05, 0) is 93.8 Å². The SMILES string of the molecule is O=S(=O)(O)c1ccc(OCCN2C(=Cc3ccc4cc5ccccc5cc4[n+]3CCOc3ccccc3)C=Cc3cc4ccccc4cc32)cc1. The highest BCUT2D eigenvalue weighted by Crippen LogP contribution is 2.35. The fourth-order valence-electron chi connectivity index (χ4n) is 6.67. The molecule has 1 aliphatic heterocycles. The van der Waals surface area contributed by atoms with Gasteiger partial charge in [0, 0.05) is 35.0 Å². The smallest absolute Gasteiger partial charge is 0.294 e. The highest BCUT2D eigenvalue weighted by molar-refractivity contribution is 7.85. The molecule has 0 saturated heterocycles. The van der Waals surface area contributed by atoms with Gasteiger partial charge < -0.3 is 14.4 Å². The average molecular weight is 692 g/mol. The molecule has 0 atom stereocenters. The van der Waals surface area contributed by atoms with E-state index >= 15 is 0 Å². The van der Waals surface area contributed by atoms with Crippen LogP contribution >= 0.6 is 0 Å². The van der Waals surface area contributed by atoms with Crippen LogP contribution in [0.3, 0.4) is 0 Å². The Kier molecular flexibility index (Phi) is 8.69. The Morgan fingerprint density at radius 3 is 1.98 bits per heavy atom. The van der Waals surface area contributed by atoms with Crippen LogP contribution in [0, 0.1) is 0 Å². The number of hydrogen-bond donors (Lipinski definition) is 1. The van der Waals surface area contributed by atoms with Crippen LogP contribution in [0.1, 0.15) is 11.3 Å². The Morgan fingerprint density at radius 2 is 1.25 bits per heavy atom. The maximum absolute atomic E-state index is 11.5. The van der Waals surface area contributed by atoms with Crippen molar-refractivity contribution in [2.45, 2.75) is 11.4 Å². The van der Waals surface area contributed by atoms with Crippen molar-refractivity contribution in [3.63, 3.8) is 0 Å². The van der Waals surface area contributed by atoms with Crippen LogP contribution in [-0.2, 0) is 16.7 Å². The number of para-hydroxylation sites is 1. The summed E-state index contributed by atoms with van der Waals surface area (Å²) in [4.78, 5) is 2.09. The lowest BCUT2D eigenvalue weighted by Gasteiger charge is -2.31.